The van der Waals surface area contributed by atoms with E-state index >= 15 is 0 Å². The van der Waals surface area contributed by atoms with Crippen LogP contribution in [0, 0.1) is 0 Å². The maximum atomic E-state index is 12.5. The van der Waals surface area contributed by atoms with Crippen molar-refractivity contribution in [1.29, 1.82) is 0 Å². The molecule has 1 N–H and O–H groups in total. The summed E-state index contributed by atoms with van der Waals surface area (Å²) in [7, 11) is 1.46. The Morgan fingerprint density at radius 3 is 2.96 bits per heavy atom. The fourth-order valence-corrected chi connectivity index (χ4v) is 4.78. The predicted octanol–water partition coefficient (Wildman–Crippen LogP) is 3.88. The van der Waals surface area contributed by atoms with E-state index in [2.05, 4.69) is 9.97 Å². The molecular formula is C19H17ClN2O4S. The van der Waals surface area contributed by atoms with E-state index in [9.17, 15) is 9.59 Å². The highest BCUT2D eigenvalue weighted by Crippen LogP contribution is 2.33. The van der Waals surface area contributed by atoms with Crippen molar-refractivity contribution >= 4 is 39.1 Å². The van der Waals surface area contributed by atoms with Crippen LogP contribution in [-0.2, 0) is 24.2 Å². The van der Waals surface area contributed by atoms with E-state index in [1.54, 1.807) is 23.5 Å². The third kappa shape index (κ3) is 3.44. The molecule has 140 valence electrons. The van der Waals surface area contributed by atoms with Gasteiger partial charge in [-0.3, -0.25) is 4.79 Å². The van der Waals surface area contributed by atoms with Crippen LogP contribution in [0.5, 0.6) is 5.75 Å². The number of carbonyl (C=O) groups is 1. The summed E-state index contributed by atoms with van der Waals surface area (Å²) in [6, 6.07) is 4.71. The molecule has 0 unspecified atom stereocenters. The number of aryl methyl sites for hydroxylation is 2. The van der Waals surface area contributed by atoms with E-state index in [1.807, 2.05) is 0 Å². The van der Waals surface area contributed by atoms with Crippen molar-refractivity contribution in [2.24, 2.45) is 0 Å². The molecule has 1 aromatic carbocycles. The molecular weight excluding hydrogens is 388 g/mol. The maximum Gasteiger partial charge on any atom is 0.342 e. The lowest BCUT2D eigenvalue weighted by Crippen LogP contribution is -2.15. The molecule has 0 amide bonds. The van der Waals surface area contributed by atoms with Crippen LogP contribution in [0.25, 0.3) is 10.2 Å². The molecule has 0 bridgehead atoms. The number of hydrogen-bond donors (Lipinski definition) is 1. The Kier molecular flexibility index (Phi) is 4.88. The second kappa shape index (κ2) is 7.32. The zero-order chi connectivity index (χ0) is 19.0. The number of hydrogen-bond acceptors (Lipinski definition) is 6. The van der Waals surface area contributed by atoms with Crippen molar-refractivity contribution in [3.8, 4) is 5.75 Å². The van der Waals surface area contributed by atoms with Gasteiger partial charge in [-0.2, -0.15) is 0 Å². The van der Waals surface area contributed by atoms with Crippen LogP contribution in [-0.4, -0.2) is 23.0 Å². The van der Waals surface area contributed by atoms with Gasteiger partial charge in [-0.1, -0.05) is 11.6 Å². The molecule has 0 saturated carbocycles. The molecule has 1 aliphatic rings. The summed E-state index contributed by atoms with van der Waals surface area (Å²) < 4.78 is 10.5. The van der Waals surface area contributed by atoms with E-state index < -0.39 is 5.97 Å². The maximum absolute atomic E-state index is 12.5. The largest absolute Gasteiger partial charge is 0.496 e. The number of benzene rings is 1. The minimum Gasteiger partial charge on any atom is -0.496 e. The number of methoxy groups -OCH3 is 1. The highest BCUT2D eigenvalue weighted by molar-refractivity contribution is 7.18. The summed E-state index contributed by atoms with van der Waals surface area (Å²) >= 11 is 7.51. The molecule has 2 aromatic heterocycles. The van der Waals surface area contributed by atoms with Gasteiger partial charge in [0, 0.05) is 9.90 Å². The monoisotopic (exact) mass is 404 g/mol. The summed E-state index contributed by atoms with van der Waals surface area (Å²) in [6.45, 7) is -0.137. The molecule has 1 aliphatic carbocycles. The smallest absolute Gasteiger partial charge is 0.342 e. The molecule has 0 atom stereocenters. The van der Waals surface area contributed by atoms with Gasteiger partial charge >= 0.3 is 5.97 Å². The molecule has 0 aliphatic heterocycles. The zero-order valence-corrected chi connectivity index (χ0v) is 16.2. The first-order chi connectivity index (χ1) is 13.1. The Labute approximate surface area is 164 Å². The third-order valence-electron chi connectivity index (χ3n) is 4.60. The number of H-pyrrole nitrogens is 1. The van der Waals surface area contributed by atoms with E-state index in [-0.39, 0.29) is 17.7 Å². The van der Waals surface area contributed by atoms with E-state index in [1.165, 1.54) is 18.1 Å². The van der Waals surface area contributed by atoms with Gasteiger partial charge < -0.3 is 14.5 Å². The number of halogens is 1. The van der Waals surface area contributed by atoms with E-state index in [0.717, 1.165) is 31.2 Å². The lowest BCUT2D eigenvalue weighted by molar-refractivity contribution is 0.0458. The molecule has 2 heterocycles. The average Bonchev–Trinajstić information content (AvgIpc) is 3.05. The van der Waals surface area contributed by atoms with Crippen LogP contribution in [0.15, 0.2) is 23.0 Å². The Hall–Kier alpha value is -2.38. The van der Waals surface area contributed by atoms with Gasteiger partial charge in [0.1, 0.15) is 28.6 Å². The molecule has 4 rings (SSSR count). The van der Waals surface area contributed by atoms with Gasteiger partial charge in [-0.15, -0.1) is 11.3 Å². The second-order valence-electron chi connectivity index (χ2n) is 6.32. The number of nitrogens with zero attached hydrogens (tertiary/aromatic N) is 1. The highest BCUT2D eigenvalue weighted by Gasteiger charge is 2.20. The lowest BCUT2D eigenvalue weighted by atomic mass is 9.97. The highest BCUT2D eigenvalue weighted by atomic mass is 35.5. The molecule has 3 aromatic rings. The van der Waals surface area contributed by atoms with Crippen molar-refractivity contribution in [3.05, 3.63) is 55.4 Å². The summed E-state index contributed by atoms with van der Waals surface area (Å²) in [5, 5.41) is 1.08. The quantitative estimate of drug-likeness (QED) is 0.667. The van der Waals surface area contributed by atoms with Crippen LogP contribution in [0.3, 0.4) is 0 Å². The number of rotatable bonds is 4. The number of aromatic nitrogens is 2. The van der Waals surface area contributed by atoms with Crippen LogP contribution < -0.4 is 10.3 Å². The molecule has 0 radical (unpaired) electrons. The first kappa shape index (κ1) is 18.0. The van der Waals surface area contributed by atoms with Gasteiger partial charge in [0.25, 0.3) is 5.56 Å². The minimum absolute atomic E-state index is 0.137. The Morgan fingerprint density at radius 1 is 1.33 bits per heavy atom. The second-order valence-corrected chi connectivity index (χ2v) is 7.84. The van der Waals surface area contributed by atoms with Gasteiger partial charge in [-0.25, -0.2) is 9.78 Å². The van der Waals surface area contributed by atoms with Crippen molar-refractivity contribution < 1.29 is 14.3 Å². The first-order valence-electron chi connectivity index (χ1n) is 8.61. The molecule has 8 heteroatoms. The summed E-state index contributed by atoms with van der Waals surface area (Å²) in [5.74, 6) is 0.0928. The summed E-state index contributed by atoms with van der Waals surface area (Å²) in [6.07, 6.45) is 4.15. The van der Waals surface area contributed by atoms with Gasteiger partial charge in [0.05, 0.1) is 12.5 Å². The van der Waals surface area contributed by atoms with Crippen LogP contribution in [0.2, 0.25) is 5.02 Å². The fraction of sp³-hybridized carbons (Fsp3) is 0.316. The van der Waals surface area contributed by atoms with Gasteiger partial charge in [-0.05, 0) is 49.4 Å². The predicted molar refractivity (Wildman–Crippen MR) is 104 cm³/mol. The van der Waals surface area contributed by atoms with Crippen molar-refractivity contribution in [1.82, 2.24) is 9.97 Å². The van der Waals surface area contributed by atoms with Crippen LogP contribution in [0.4, 0.5) is 0 Å². The van der Waals surface area contributed by atoms with Crippen molar-refractivity contribution in [2.45, 2.75) is 32.3 Å². The number of fused-ring (bicyclic) bond motifs is 3. The van der Waals surface area contributed by atoms with Crippen molar-refractivity contribution in [3.63, 3.8) is 0 Å². The molecule has 0 saturated heterocycles. The first-order valence-corrected chi connectivity index (χ1v) is 9.80. The van der Waals surface area contributed by atoms with Gasteiger partial charge in [0.2, 0.25) is 0 Å². The Balaban J connectivity index is 1.58. The third-order valence-corrected chi connectivity index (χ3v) is 6.02. The SMILES string of the molecule is COc1ccc(Cl)cc1C(=O)OCc1nc2sc3c(c2c(=O)[nH]1)CCCC3. The fourth-order valence-electron chi connectivity index (χ4n) is 3.33. The zero-order valence-electron chi connectivity index (χ0n) is 14.6. The molecule has 0 spiro atoms. The molecule has 27 heavy (non-hydrogen) atoms. The topological polar surface area (TPSA) is 81.3 Å². The molecule has 0 fully saturated rings. The number of aromatic amines is 1. The van der Waals surface area contributed by atoms with E-state index in [4.69, 9.17) is 21.1 Å². The average molecular weight is 405 g/mol. The summed E-state index contributed by atoms with van der Waals surface area (Å²) in [5.41, 5.74) is 1.17. The number of ether oxygens (including phenoxy) is 2. The lowest BCUT2D eigenvalue weighted by Gasteiger charge is -2.10. The number of carbonyl (C=O) groups excluding carboxylic acids is 1. The Morgan fingerprint density at radius 2 is 2.15 bits per heavy atom. The number of esters is 1. The molecule has 6 nitrogen and oxygen atoms in total. The van der Waals surface area contributed by atoms with E-state index in [0.29, 0.717) is 26.8 Å². The Bertz CT molecular complexity index is 1090. The normalized spacial score (nSPS) is 13.4. The number of nitrogens with one attached hydrogen (secondary N) is 1. The number of thiophene rings is 1. The summed E-state index contributed by atoms with van der Waals surface area (Å²) in [4.78, 5) is 34.1. The van der Waals surface area contributed by atoms with Gasteiger partial charge in [0.15, 0.2) is 0 Å². The van der Waals surface area contributed by atoms with Crippen LogP contribution in [0.1, 0.15) is 39.5 Å². The standard InChI is InChI=1S/C19H17ClN2O4S/c1-25-13-7-6-10(20)8-12(13)19(24)26-9-15-21-17(23)16-11-4-2-3-5-14(11)27-18(16)22-15/h6-8H,2-5,9H2,1H3,(H,21,22,23). The van der Waals surface area contributed by atoms with Crippen LogP contribution >= 0.6 is 22.9 Å². The minimum atomic E-state index is -0.595. The van der Waals surface area contributed by atoms with Crippen molar-refractivity contribution in [2.75, 3.05) is 7.11 Å².